The maximum Gasteiger partial charge on any atom is 0.118 e. The lowest BCUT2D eigenvalue weighted by Crippen LogP contribution is -1.95. The number of methoxy groups -OCH3 is 1. The molecule has 0 radical (unpaired) electrons. The first-order chi connectivity index (χ1) is 8.31. The zero-order valence-corrected chi connectivity index (χ0v) is 11.1. The lowest BCUT2D eigenvalue weighted by Gasteiger charge is -2.13. The number of hydrogen-bond acceptors (Lipinski definition) is 1. The first kappa shape index (κ1) is 13.8. The van der Waals surface area contributed by atoms with Crippen LogP contribution in [0.15, 0.2) is 36.9 Å². The minimum Gasteiger partial charge on any atom is -0.497 e. The van der Waals surface area contributed by atoms with E-state index in [0.29, 0.717) is 5.92 Å². The quantitative estimate of drug-likeness (QED) is 0.456. The molecule has 0 heterocycles. The number of ether oxygens (including phenoxy) is 1. The van der Waals surface area contributed by atoms with Crippen molar-refractivity contribution < 1.29 is 4.74 Å². The van der Waals surface area contributed by atoms with Crippen molar-refractivity contribution in [1.82, 2.24) is 0 Å². The third-order valence-electron chi connectivity index (χ3n) is 3.20. The predicted molar refractivity (Wildman–Crippen MR) is 74.7 cm³/mol. The molecule has 1 heteroatoms. The molecule has 0 aromatic heterocycles. The van der Waals surface area contributed by atoms with Crippen LogP contribution in [0.1, 0.15) is 50.5 Å². The van der Waals surface area contributed by atoms with Gasteiger partial charge in [0, 0.05) is 5.92 Å². The van der Waals surface area contributed by atoms with Gasteiger partial charge in [0.15, 0.2) is 0 Å². The molecule has 0 amide bonds. The van der Waals surface area contributed by atoms with Gasteiger partial charge in [-0.2, -0.15) is 0 Å². The van der Waals surface area contributed by atoms with Crippen LogP contribution in [-0.4, -0.2) is 7.11 Å². The van der Waals surface area contributed by atoms with Crippen molar-refractivity contribution in [3.8, 4) is 5.75 Å². The lowest BCUT2D eigenvalue weighted by atomic mass is 9.93. The highest BCUT2D eigenvalue weighted by molar-refractivity contribution is 5.31. The Morgan fingerprint density at radius 3 is 2.41 bits per heavy atom. The van der Waals surface area contributed by atoms with Gasteiger partial charge in [-0.1, -0.05) is 50.8 Å². The van der Waals surface area contributed by atoms with Gasteiger partial charge < -0.3 is 4.74 Å². The summed E-state index contributed by atoms with van der Waals surface area (Å²) in [6, 6.07) is 8.34. The Kier molecular flexibility index (Phi) is 6.46. The summed E-state index contributed by atoms with van der Waals surface area (Å²) in [5.74, 6) is 1.40. The van der Waals surface area contributed by atoms with E-state index in [1.54, 1.807) is 7.11 Å². The number of benzene rings is 1. The molecular weight excluding hydrogens is 208 g/mol. The van der Waals surface area contributed by atoms with Gasteiger partial charge in [-0.05, 0) is 24.1 Å². The minimum absolute atomic E-state index is 0.484. The fourth-order valence-corrected chi connectivity index (χ4v) is 2.06. The van der Waals surface area contributed by atoms with Gasteiger partial charge >= 0.3 is 0 Å². The number of rotatable bonds is 8. The van der Waals surface area contributed by atoms with Crippen LogP contribution in [0.4, 0.5) is 0 Å². The minimum atomic E-state index is 0.484. The second-order valence-electron chi connectivity index (χ2n) is 4.46. The van der Waals surface area contributed by atoms with Crippen LogP contribution in [0.25, 0.3) is 0 Å². The SMILES string of the molecule is C=C[C@@H](CCCCCC)c1ccc(OC)cc1. The Labute approximate surface area is 106 Å². The van der Waals surface area contributed by atoms with Gasteiger partial charge in [-0.15, -0.1) is 6.58 Å². The Morgan fingerprint density at radius 1 is 1.18 bits per heavy atom. The molecule has 1 atom stereocenters. The molecule has 0 aliphatic rings. The molecule has 1 aromatic rings. The van der Waals surface area contributed by atoms with Crippen molar-refractivity contribution in [2.24, 2.45) is 0 Å². The van der Waals surface area contributed by atoms with E-state index in [2.05, 4.69) is 31.7 Å². The maximum atomic E-state index is 5.17. The van der Waals surface area contributed by atoms with E-state index in [4.69, 9.17) is 4.74 Å². The molecule has 0 aliphatic carbocycles. The molecule has 0 saturated heterocycles. The molecule has 1 nitrogen and oxygen atoms in total. The summed E-state index contributed by atoms with van der Waals surface area (Å²) in [7, 11) is 1.70. The molecular formula is C16H24O. The van der Waals surface area contributed by atoms with Crippen LogP contribution in [0.3, 0.4) is 0 Å². The summed E-state index contributed by atoms with van der Waals surface area (Å²) < 4.78 is 5.17. The Hall–Kier alpha value is -1.24. The van der Waals surface area contributed by atoms with Crippen molar-refractivity contribution in [2.45, 2.75) is 44.9 Å². The van der Waals surface area contributed by atoms with E-state index in [9.17, 15) is 0 Å². The van der Waals surface area contributed by atoms with Gasteiger partial charge in [0.1, 0.15) is 5.75 Å². The summed E-state index contributed by atoms with van der Waals surface area (Å²) in [5.41, 5.74) is 1.34. The van der Waals surface area contributed by atoms with Crippen LogP contribution in [0.2, 0.25) is 0 Å². The van der Waals surface area contributed by atoms with E-state index >= 15 is 0 Å². The highest BCUT2D eigenvalue weighted by Crippen LogP contribution is 2.25. The van der Waals surface area contributed by atoms with E-state index in [1.807, 2.05) is 12.1 Å². The zero-order valence-electron chi connectivity index (χ0n) is 11.1. The van der Waals surface area contributed by atoms with Crippen LogP contribution >= 0.6 is 0 Å². The van der Waals surface area contributed by atoms with E-state index in [-0.39, 0.29) is 0 Å². The van der Waals surface area contributed by atoms with Crippen molar-refractivity contribution in [1.29, 1.82) is 0 Å². The Balaban J connectivity index is 2.50. The van der Waals surface area contributed by atoms with Crippen LogP contribution in [0, 0.1) is 0 Å². The maximum absolute atomic E-state index is 5.17. The van der Waals surface area contributed by atoms with Gasteiger partial charge in [0.25, 0.3) is 0 Å². The molecule has 0 saturated carbocycles. The van der Waals surface area contributed by atoms with E-state index < -0.39 is 0 Å². The third kappa shape index (κ3) is 4.64. The van der Waals surface area contributed by atoms with Crippen molar-refractivity contribution in [2.75, 3.05) is 7.11 Å². The highest BCUT2D eigenvalue weighted by Gasteiger charge is 2.07. The summed E-state index contributed by atoms with van der Waals surface area (Å²) in [6.45, 7) is 6.19. The molecule has 0 bridgehead atoms. The second kappa shape index (κ2) is 7.94. The third-order valence-corrected chi connectivity index (χ3v) is 3.20. The van der Waals surface area contributed by atoms with Gasteiger partial charge in [-0.25, -0.2) is 0 Å². The molecule has 1 rings (SSSR count). The normalized spacial score (nSPS) is 12.1. The number of unbranched alkanes of at least 4 members (excludes halogenated alkanes) is 3. The summed E-state index contributed by atoms with van der Waals surface area (Å²) in [6.07, 6.45) is 8.52. The summed E-state index contributed by atoms with van der Waals surface area (Å²) in [5, 5.41) is 0. The van der Waals surface area contributed by atoms with E-state index in [1.165, 1.54) is 37.7 Å². The average Bonchev–Trinajstić information content (AvgIpc) is 2.39. The zero-order chi connectivity index (χ0) is 12.5. The molecule has 17 heavy (non-hydrogen) atoms. The number of hydrogen-bond donors (Lipinski definition) is 0. The van der Waals surface area contributed by atoms with E-state index in [0.717, 1.165) is 5.75 Å². The number of allylic oxidation sites excluding steroid dienone is 1. The molecule has 0 fully saturated rings. The molecule has 0 spiro atoms. The first-order valence-corrected chi connectivity index (χ1v) is 6.58. The lowest BCUT2D eigenvalue weighted by molar-refractivity contribution is 0.414. The largest absolute Gasteiger partial charge is 0.497 e. The van der Waals surface area contributed by atoms with Crippen LogP contribution < -0.4 is 4.74 Å². The molecule has 0 N–H and O–H groups in total. The fraction of sp³-hybridized carbons (Fsp3) is 0.500. The average molecular weight is 232 g/mol. The van der Waals surface area contributed by atoms with Gasteiger partial charge in [-0.3, -0.25) is 0 Å². The molecule has 0 unspecified atom stereocenters. The summed E-state index contributed by atoms with van der Waals surface area (Å²) in [4.78, 5) is 0. The second-order valence-corrected chi connectivity index (χ2v) is 4.46. The molecule has 0 aliphatic heterocycles. The smallest absolute Gasteiger partial charge is 0.118 e. The Morgan fingerprint density at radius 2 is 1.88 bits per heavy atom. The fourth-order valence-electron chi connectivity index (χ4n) is 2.06. The van der Waals surface area contributed by atoms with Crippen molar-refractivity contribution in [3.63, 3.8) is 0 Å². The van der Waals surface area contributed by atoms with Gasteiger partial charge in [0.2, 0.25) is 0 Å². The monoisotopic (exact) mass is 232 g/mol. The standard InChI is InChI=1S/C16H24O/c1-4-6-7-8-9-14(5-2)15-10-12-16(17-3)13-11-15/h5,10-14H,2,4,6-9H2,1,3H3/t14-/m0/s1. The molecule has 94 valence electrons. The van der Waals surface area contributed by atoms with Crippen LogP contribution in [0.5, 0.6) is 5.75 Å². The topological polar surface area (TPSA) is 9.23 Å². The predicted octanol–water partition coefficient (Wildman–Crippen LogP) is 4.94. The Bertz CT molecular complexity index is 313. The van der Waals surface area contributed by atoms with Crippen molar-refractivity contribution in [3.05, 3.63) is 42.5 Å². The van der Waals surface area contributed by atoms with Crippen molar-refractivity contribution >= 4 is 0 Å². The van der Waals surface area contributed by atoms with Gasteiger partial charge in [0.05, 0.1) is 7.11 Å². The molecule has 1 aromatic carbocycles. The summed E-state index contributed by atoms with van der Waals surface area (Å²) >= 11 is 0. The first-order valence-electron chi connectivity index (χ1n) is 6.58. The van der Waals surface area contributed by atoms with Crippen LogP contribution in [-0.2, 0) is 0 Å². The highest BCUT2D eigenvalue weighted by atomic mass is 16.5.